The Hall–Kier alpha value is -6.36. The van der Waals surface area contributed by atoms with Crippen molar-refractivity contribution in [1.82, 2.24) is 9.97 Å². The summed E-state index contributed by atoms with van der Waals surface area (Å²) in [6, 6.07) is 56.9. The van der Waals surface area contributed by atoms with Crippen LogP contribution in [-0.2, 0) is 0 Å². The third-order valence-corrected chi connectivity index (χ3v) is 10.00. The van der Waals surface area contributed by atoms with Gasteiger partial charge in [0.1, 0.15) is 5.04 Å². The molecule has 53 heavy (non-hydrogen) atoms. The summed E-state index contributed by atoms with van der Waals surface area (Å²) in [6.45, 7) is 0. The van der Waals surface area contributed by atoms with Crippen LogP contribution in [0, 0.1) is 0 Å². The van der Waals surface area contributed by atoms with E-state index in [4.69, 9.17) is 15.0 Å². The lowest BCUT2D eigenvalue weighted by molar-refractivity contribution is 1.31. The molecule has 0 aliphatic heterocycles. The van der Waals surface area contributed by atoms with Gasteiger partial charge in [-0.2, -0.15) is 0 Å². The molecular weight excluding hydrogens is 663 g/mol. The third-order valence-electron chi connectivity index (χ3n) is 9.28. The minimum absolute atomic E-state index is 0.859. The molecule has 3 nitrogen and oxygen atoms in total. The molecule has 0 spiro atoms. The van der Waals surface area contributed by atoms with Crippen LogP contribution in [0.15, 0.2) is 205 Å². The highest BCUT2D eigenvalue weighted by atomic mass is 32.2. The molecule has 0 saturated carbocycles. The van der Waals surface area contributed by atoms with Crippen LogP contribution in [0.5, 0.6) is 0 Å². The summed E-state index contributed by atoms with van der Waals surface area (Å²) in [6.07, 6.45) is 13.7. The number of hydrogen-bond acceptors (Lipinski definition) is 4. The normalized spacial score (nSPS) is 12.7. The van der Waals surface area contributed by atoms with Gasteiger partial charge in [-0.15, -0.1) is 11.8 Å². The van der Waals surface area contributed by atoms with Gasteiger partial charge in [0, 0.05) is 44.5 Å². The monoisotopic (exact) mass is 699 g/mol. The fourth-order valence-corrected chi connectivity index (χ4v) is 7.21. The molecule has 254 valence electrons. The number of thioether (sulfide) groups is 1. The molecule has 0 atom stereocenters. The van der Waals surface area contributed by atoms with Crippen LogP contribution in [0.4, 0.5) is 5.69 Å². The van der Waals surface area contributed by atoms with Gasteiger partial charge in [0.2, 0.25) is 0 Å². The van der Waals surface area contributed by atoms with Crippen molar-refractivity contribution in [2.24, 2.45) is 4.99 Å². The minimum atomic E-state index is 0.859. The molecule has 1 aliphatic carbocycles. The average molecular weight is 700 g/mol. The van der Waals surface area contributed by atoms with Gasteiger partial charge in [-0.05, 0) is 42.5 Å². The first-order valence-corrected chi connectivity index (χ1v) is 19.0. The van der Waals surface area contributed by atoms with E-state index in [1.54, 1.807) is 11.8 Å². The number of allylic oxidation sites excluding steroid dienone is 5. The van der Waals surface area contributed by atoms with E-state index in [0.29, 0.717) is 0 Å². The van der Waals surface area contributed by atoms with Crippen molar-refractivity contribution >= 4 is 22.5 Å². The van der Waals surface area contributed by atoms with Crippen molar-refractivity contribution in [2.45, 2.75) is 6.42 Å². The molecule has 8 rings (SSSR count). The topological polar surface area (TPSA) is 38.1 Å². The number of nitrogens with zero attached hydrogens (tertiary/aromatic N) is 3. The zero-order chi connectivity index (χ0) is 35.8. The number of pyridine rings is 2. The van der Waals surface area contributed by atoms with E-state index in [1.165, 1.54) is 0 Å². The molecule has 0 fully saturated rings. The average Bonchev–Trinajstić information content (AvgIpc) is 3.53. The first-order chi connectivity index (χ1) is 26.2. The second kappa shape index (κ2) is 15.9. The lowest BCUT2D eigenvalue weighted by Crippen LogP contribution is -1.97. The van der Waals surface area contributed by atoms with Crippen molar-refractivity contribution < 1.29 is 0 Å². The summed E-state index contributed by atoms with van der Waals surface area (Å²) in [4.78, 5) is 16.1. The van der Waals surface area contributed by atoms with Crippen molar-refractivity contribution in [2.75, 3.05) is 6.26 Å². The van der Waals surface area contributed by atoms with E-state index in [9.17, 15) is 0 Å². The molecular formula is C49H37N3S. The maximum absolute atomic E-state index is 5.47. The van der Waals surface area contributed by atoms with Crippen LogP contribution < -0.4 is 0 Å². The second-order valence-corrected chi connectivity index (χ2v) is 13.5. The van der Waals surface area contributed by atoms with Gasteiger partial charge in [-0.25, -0.2) is 15.0 Å². The fraction of sp³-hybridized carbons (Fsp3) is 0.0408. The smallest absolute Gasteiger partial charge is 0.103 e. The molecule has 0 unspecified atom stereocenters. The molecule has 0 N–H and O–H groups in total. The molecule has 0 saturated heterocycles. The lowest BCUT2D eigenvalue weighted by Gasteiger charge is -2.17. The number of aliphatic imine (C=N–C) groups is 1. The Morgan fingerprint density at radius 2 is 1.02 bits per heavy atom. The summed E-state index contributed by atoms with van der Waals surface area (Å²) < 4.78 is 0. The number of rotatable bonds is 8. The van der Waals surface area contributed by atoms with Crippen LogP contribution in [0.1, 0.15) is 6.42 Å². The van der Waals surface area contributed by atoms with Gasteiger partial charge in [0.25, 0.3) is 0 Å². The highest BCUT2D eigenvalue weighted by molar-refractivity contribution is 8.13. The van der Waals surface area contributed by atoms with Crippen molar-refractivity contribution in [3.05, 3.63) is 200 Å². The maximum Gasteiger partial charge on any atom is 0.103 e. The molecule has 7 aromatic rings. The third kappa shape index (κ3) is 7.50. The quantitative estimate of drug-likeness (QED) is 0.117. The standard InChI is InChI=1S/C49H37N3S/c1-53-49(39-26-8-2-3-9-27-39)52-46-34-40(41-30-32-44(35-18-10-4-11-19-35)50-47(41)37-22-14-6-15-23-37)28-29-42(46)43-31-33-45(36-20-12-5-13-21-36)51-48(43)38-24-16-7-17-25-38/h2-8,10-34H,9H2,1H3. The van der Waals surface area contributed by atoms with E-state index < -0.39 is 0 Å². The minimum Gasteiger partial charge on any atom is -0.247 e. The van der Waals surface area contributed by atoms with Crippen LogP contribution in [0.3, 0.4) is 0 Å². The van der Waals surface area contributed by atoms with Crippen molar-refractivity contribution in [3.8, 4) is 67.3 Å². The van der Waals surface area contributed by atoms with E-state index in [1.807, 2.05) is 24.3 Å². The second-order valence-electron chi connectivity index (χ2n) is 12.7. The van der Waals surface area contributed by atoms with E-state index in [2.05, 4.69) is 176 Å². The first-order valence-electron chi connectivity index (χ1n) is 17.8. The van der Waals surface area contributed by atoms with Gasteiger partial charge in [0.05, 0.1) is 28.5 Å². The number of benzene rings is 5. The largest absolute Gasteiger partial charge is 0.247 e. The summed E-state index contributed by atoms with van der Waals surface area (Å²) in [5, 5.41) is 0.958. The Balaban J connectivity index is 1.35. The molecule has 4 heteroatoms. The molecule has 1 aliphatic rings. The molecule has 0 amide bonds. The van der Waals surface area contributed by atoms with Gasteiger partial charge in [0.15, 0.2) is 0 Å². The van der Waals surface area contributed by atoms with E-state index in [0.717, 1.165) is 90.0 Å². The zero-order valence-corrected chi connectivity index (χ0v) is 30.2. The van der Waals surface area contributed by atoms with Crippen LogP contribution in [0.25, 0.3) is 67.3 Å². The van der Waals surface area contributed by atoms with Gasteiger partial charge < -0.3 is 0 Å². The Morgan fingerprint density at radius 1 is 0.509 bits per heavy atom. The molecule has 2 heterocycles. The van der Waals surface area contributed by atoms with Crippen molar-refractivity contribution in [1.29, 1.82) is 0 Å². The van der Waals surface area contributed by atoms with Crippen LogP contribution in [-0.4, -0.2) is 21.3 Å². The fourth-order valence-electron chi connectivity index (χ4n) is 6.63. The van der Waals surface area contributed by atoms with Gasteiger partial charge in [-0.1, -0.05) is 170 Å². The zero-order valence-electron chi connectivity index (χ0n) is 29.4. The van der Waals surface area contributed by atoms with Crippen LogP contribution in [0.2, 0.25) is 0 Å². The van der Waals surface area contributed by atoms with Gasteiger partial charge in [-0.3, -0.25) is 0 Å². The van der Waals surface area contributed by atoms with Crippen LogP contribution >= 0.6 is 11.8 Å². The lowest BCUT2D eigenvalue weighted by atomic mass is 9.92. The molecule has 0 bridgehead atoms. The Kier molecular flexibility index (Phi) is 10.1. The molecule has 0 radical (unpaired) electrons. The van der Waals surface area contributed by atoms with E-state index in [-0.39, 0.29) is 0 Å². The Bertz CT molecular complexity index is 2480. The summed E-state index contributed by atoms with van der Waals surface area (Å²) in [5.74, 6) is 0. The van der Waals surface area contributed by atoms with Gasteiger partial charge >= 0.3 is 0 Å². The van der Waals surface area contributed by atoms with Crippen molar-refractivity contribution in [3.63, 3.8) is 0 Å². The molecule has 5 aromatic carbocycles. The number of aromatic nitrogens is 2. The summed E-state index contributed by atoms with van der Waals surface area (Å²) in [7, 11) is 0. The molecule has 2 aromatic heterocycles. The maximum atomic E-state index is 5.47. The van der Waals surface area contributed by atoms with E-state index >= 15 is 0 Å². The Labute approximate surface area is 315 Å². The Morgan fingerprint density at radius 3 is 1.58 bits per heavy atom. The summed E-state index contributed by atoms with van der Waals surface area (Å²) in [5.41, 5.74) is 14.1. The number of hydrogen-bond donors (Lipinski definition) is 0. The summed E-state index contributed by atoms with van der Waals surface area (Å²) >= 11 is 1.66. The first kappa shape index (κ1) is 33.8. The highest BCUT2D eigenvalue weighted by Gasteiger charge is 2.19. The highest BCUT2D eigenvalue weighted by Crippen LogP contribution is 2.42. The SMILES string of the molecule is CSC(=Nc1cc(-c2ccc(-c3ccccc3)nc2-c2ccccc2)ccc1-c1ccc(-c2ccccc2)nc1-c1ccccc1)C1=CCC=CC=C1. The predicted molar refractivity (Wildman–Crippen MR) is 226 cm³/mol. The predicted octanol–water partition coefficient (Wildman–Crippen LogP) is 13.3.